The van der Waals surface area contributed by atoms with Crippen molar-refractivity contribution in [2.75, 3.05) is 20.3 Å². The third-order valence-corrected chi connectivity index (χ3v) is 3.99. The minimum atomic E-state index is -0.951. The van der Waals surface area contributed by atoms with Crippen LogP contribution in [0.25, 0.3) is 0 Å². The first-order chi connectivity index (χ1) is 11.0. The molecule has 2 unspecified atom stereocenters. The Bertz CT molecular complexity index is 595. The number of pyridine rings is 1. The Hall–Kier alpha value is -1.86. The molecule has 2 atom stereocenters. The standard InChI is InChI=1S/C15H19ClN2O5/c1-3-23-14-12(16)4-9(7-17-14)15(21)18-8-11(22-2)5-10(18)6-13(19)20/h4,7,10-11H,3,5-6,8H2,1-2H3,(H,19,20). The van der Waals surface area contributed by atoms with Crippen LogP contribution in [0.1, 0.15) is 30.1 Å². The van der Waals surface area contributed by atoms with E-state index in [2.05, 4.69) is 4.98 Å². The molecule has 1 amide bonds. The van der Waals surface area contributed by atoms with Crippen LogP contribution in [-0.2, 0) is 9.53 Å². The Morgan fingerprint density at radius 3 is 2.83 bits per heavy atom. The van der Waals surface area contributed by atoms with Crippen molar-refractivity contribution in [2.24, 2.45) is 0 Å². The number of halogens is 1. The molecule has 0 aromatic carbocycles. The molecule has 1 fully saturated rings. The molecular weight excluding hydrogens is 324 g/mol. The largest absolute Gasteiger partial charge is 0.481 e. The van der Waals surface area contributed by atoms with E-state index < -0.39 is 12.0 Å². The van der Waals surface area contributed by atoms with Crippen LogP contribution in [0.3, 0.4) is 0 Å². The van der Waals surface area contributed by atoms with E-state index in [-0.39, 0.29) is 29.3 Å². The topological polar surface area (TPSA) is 89.0 Å². The number of hydrogen-bond donors (Lipinski definition) is 1. The predicted octanol–water partition coefficient (Wildman–Crippen LogP) is 1.84. The fourth-order valence-electron chi connectivity index (χ4n) is 2.64. The normalized spacial score (nSPS) is 20.6. The summed E-state index contributed by atoms with van der Waals surface area (Å²) in [5, 5.41) is 9.26. The first-order valence-electron chi connectivity index (χ1n) is 7.30. The molecule has 0 saturated carbocycles. The van der Waals surface area contributed by atoms with E-state index >= 15 is 0 Å². The third-order valence-electron chi connectivity index (χ3n) is 3.72. The zero-order valence-electron chi connectivity index (χ0n) is 13.0. The van der Waals surface area contributed by atoms with Gasteiger partial charge in [-0.25, -0.2) is 4.98 Å². The van der Waals surface area contributed by atoms with E-state index in [4.69, 9.17) is 26.2 Å². The Morgan fingerprint density at radius 1 is 1.52 bits per heavy atom. The summed E-state index contributed by atoms with van der Waals surface area (Å²) in [6.07, 6.45) is 1.59. The van der Waals surface area contributed by atoms with E-state index in [1.165, 1.54) is 17.2 Å². The lowest BCUT2D eigenvalue weighted by Gasteiger charge is -2.23. The average Bonchev–Trinajstić information content (AvgIpc) is 2.91. The van der Waals surface area contributed by atoms with Crippen molar-refractivity contribution in [1.29, 1.82) is 0 Å². The predicted molar refractivity (Wildman–Crippen MR) is 82.9 cm³/mol. The Morgan fingerprint density at radius 2 is 2.26 bits per heavy atom. The molecule has 2 rings (SSSR count). The highest BCUT2D eigenvalue weighted by Gasteiger charge is 2.37. The van der Waals surface area contributed by atoms with Gasteiger partial charge < -0.3 is 19.5 Å². The molecule has 8 heteroatoms. The maximum atomic E-state index is 12.7. The van der Waals surface area contributed by atoms with Gasteiger partial charge in [0.2, 0.25) is 5.88 Å². The Labute approximate surface area is 139 Å². The number of rotatable bonds is 6. The summed E-state index contributed by atoms with van der Waals surface area (Å²) < 4.78 is 10.5. The number of carboxylic acid groups (broad SMARTS) is 1. The SMILES string of the molecule is CCOc1ncc(C(=O)N2CC(OC)CC2CC(=O)O)cc1Cl. The second kappa shape index (κ2) is 7.61. The van der Waals surface area contributed by atoms with E-state index in [0.29, 0.717) is 25.1 Å². The van der Waals surface area contributed by atoms with Crippen molar-refractivity contribution in [3.63, 3.8) is 0 Å². The summed E-state index contributed by atoms with van der Waals surface area (Å²) in [6, 6.07) is 1.08. The van der Waals surface area contributed by atoms with Crippen molar-refractivity contribution in [3.8, 4) is 5.88 Å². The molecular formula is C15H19ClN2O5. The maximum Gasteiger partial charge on any atom is 0.305 e. The van der Waals surface area contributed by atoms with Gasteiger partial charge in [0.15, 0.2) is 0 Å². The van der Waals surface area contributed by atoms with E-state index in [1.807, 2.05) is 6.92 Å². The highest BCUT2D eigenvalue weighted by molar-refractivity contribution is 6.32. The number of amides is 1. The molecule has 0 radical (unpaired) electrons. The molecule has 1 aliphatic rings. The van der Waals surface area contributed by atoms with Gasteiger partial charge in [0.25, 0.3) is 5.91 Å². The lowest BCUT2D eigenvalue weighted by Crippen LogP contribution is -2.37. The smallest absolute Gasteiger partial charge is 0.305 e. The number of carbonyl (C=O) groups excluding carboxylic acids is 1. The Balaban J connectivity index is 2.20. The quantitative estimate of drug-likeness (QED) is 0.848. The molecule has 7 nitrogen and oxygen atoms in total. The molecule has 1 saturated heterocycles. The second-order valence-electron chi connectivity index (χ2n) is 5.25. The summed E-state index contributed by atoms with van der Waals surface area (Å²) in [5.74, 6) is -0.996. The Kier molecular flexibility index (Phi) is 5.79. The van der Waals surface area contributed by atoms with Crippen LogP contribution in [0.5, 0.6) is 5.88 Å². The van der Waals surface area contributed by atoms with Gasteiger partial charge in [-0.15, -0.1) is 0 Å². The first kappa shape index (κ1) is 17.5. The van der Waals surface area contributed by atoms with Crippen LogP contribution in [-0.4, -0.2) is 59.3 Å². The van der Waals surface area contributed by atoms with Crippen molar-refractivity contribution < 1.29 is 24.2 Å². The van der Waals surface area contributed by atoms with Gasteiger partial charge in [-0.3, -0.25) is 9.59 Å². The molecule has 23 heavy (non-hydrogen) atoms. The maximum absolute atomic E-state index is 12.7. The van der Waals surface area contributed by atoms with Crippen LogP contribution in [0.15, 0.2) is 12.3 Å². The number of aromatic nitrogens is 1. The lowest BCUT2D eigenvalue weighted by atomic mass is 10.1. The zero-order valence-corrected chi connectivity index (χ0v) is 13.7. The summed E-state index contributed by atoms with van der Waals surface area (Å²) in [5.41, 5.74) is 0.297. The molecule has 126 valence electrons. The number of nitrogens with zero attached hydrogens (tertiary/aromatic N) is 2. The number of methoxy groups -OCH3 is 1. The van der Waals surface area contributed by atoms with Crippen LogP contribution >= 0.6 is 11.6 Å². The van der Waals surface area contributed by atoms with Crippen molar-refractivity contribution in [3.05, 3.63) is 22.8 Å². The van der Waals surface area contributed by atoms with Gasteiger partial charge in [-0.05, 0) is 19.4 Å². The molecule has 1 aromatic heterocycles. The van der Waals surface area contributed by atoms with Gasteiger partial charge in [0.05, 0.1) is 24.7 Å². The molecule has 0 spiro atoms. The van der Waals surface area contributed by atoms with Gasteiger partial charge in [-0.1, -0.05) is 11.6 Å². The fraction of sp³-hybridized carbons (Fsp3) is 0.533. The minimum Gasteiger partial charge on any atom is -0.481 e. The van der Waals surface area contributed by atoms with Crippen molar-refractivity contribution >= 4 is 23.5 Å². The molecule has 1 N–H and O–H groups in total. The number of carbonyl (C=O) groups is 2. The highest BCUT2D eigenvalue weighted by Crippen LogP contribution is 2.27. The molecule has 1 aliphatic heterocycles. The fourth-order valence-corrected chi connectivity index (χ4v) is 2.86. The van der Waals surface area contributed by atoms with Crippen molar-refractivity contribution in [2.45, 2.75) is 31.9 Å². The molecule has 2 heterocycles. The van der Waals surface area contributed by atoms with Crippen LogP contribution in [0, 0.1) is 0 Å². The number of likely N-dealkylation sites (tertiary alicyclic amines) is 1. The van der Waals surface area contributed by atoms with Crippen molar-refractivity contribution in [1.82, 2.24) is 9.88 Å². The van der Waals surface area contributed by atoms with E-state index in [0.717, 1.165) is 0 Å². The average molecular weight is 343 g/mol. The van der Waals surface area contributed by atoms with Gasteiger partial charge in [0.1, 0.15) is 5.02 Å². The second-order valence-corrected chi connectivity index (χ2v) is 5.65. The minimum absolute atomic E-state index is 0.121. The monoisotopic (exact) mass is 342 g/mol. The summed E-state index contributed by atoms with van der Waals surface area (Å²) in [6.45, 7) is 2.57. The van der Waals surface area contributed by atoms with Crippen LogP contribution in [0.2, 0.25) is 5.02 Å². The highest BCUT2D eigenvalue weighted by atomic mass is 35.5. The van der Waals surface area contributed by atoms with Gasteiger partial charge in [-0.2, -0.15) is 0 Å². The van der Waals surface area contributed by atoms with Crippen LogP contribution < -0.4 is 4.74 Å². The molecule has 0 aliphatic carbocycles. The van der Waals surface area contributed by atoms with E-state index in [1.54, 1.807) is 7.11 Å². The van der Waals surface area contributed by atoms with Gasteiger partial charge in [0, 0.05) is 25.9 Å². The zero-order chi connectivity index (χ0) is 17.0. The van der Waals surface area contributed by atoms with Crippen LogP contribution in [0.4, 0.5) is 0 Å². The molecule has 1 aromatic rings. The third kappa shape index (κ3) is 4.11. The van der Waals surface area contributed by atoms with E-state index in [9.17, 15) is 9.59 Å². The lowest BCUT2D eigenvalue weighted by molar-refractivity contribution is -0.137. The number of aliphatic carboxylic acids is 1. The summed E-state index contributed by atoms with van der Waals surface area (Å²) in [4.78, 5) is 29.2. The summed E-state index contributed by atoms with van der Waals surface area (Å²) >= 11 is 6.06. The number of hydrogen-bond acceptors (Lipinski definition) is 5. The molecule has 0 bridgehead atoms. The van der Waals surface area contributed by atoms with Gasteiger partial charge >= 0.3 is 5.97 Å². The number of ether oxygens (including phenoxy) is 2. The first-order valence-corrected chi connectivity index (χ1v) is 7.68. The number of carboxylic acids is 1. The summed E-state index contributed by atoms with van der Waals surface area (Å²) in [7, 11) is 1.55.